The van der Waals surface area contributed by atoms with Crippen LogP contribution in [0.1, 0.15) is 19.4 Å². The average Bonchev–Trinajstić information content (AvgIpc) is 2.43. The van der Waals surface area contributed by atoms with Crippen LogP contribution >= 0.6 is 11.6 Å². The Hall–Kier alpha value is -1.58. The van der Waals surface area contributed by atoms with Crippen LogP contribution in [-0.2, 0) is 6.54 Å². The van der Waals surface area contributed by atoms with Gasteiger partial charge in [-0.05, 0) is 42.8 Å². The summed E-state index contributed by atoms with van der Waals surface area (Å²) in [6.07, 6.45) is 0. The van der Waals surface area contributed by atoms with Crippen molar-refractivity contribution in [2.45, 2.75) is 20.4 Å². The van der Waals surface area contributed by atoms with Crippen LogP contribution in [0.3, 0.4) is 0 Å². The second kappa shape index (κ2) is 7.43. The van der Waals surface area contributed by atoms with Crippen molar-refractivity contribution in [2.75, 3.05) is 6.54 Å². The van der Waals surface area contributed by atoms with Gasteiger partial charge in [0.25, 0.3) is 0 Å². The third-order valence-electron chi connectivity index (χ3n) is 2.95. The molecule has 0 aliphatic rings. The Balaban J connectivity index is 2.16. The van der Waals surface area contributed by atoms with Crippen molar-refractivity contribution in [1.82, 2.24) is 5.32 Å². The zero-order valence-corrected chi connectivity index (χ0v) is 13.0. The van der Waals surface area contributed by atoms with Gasteiger partial charge < -0.3 is 10.1 Å². The van der Waals surface area contributed by atoms with Crippen LogP contribution in [0.25, 0.3) is 0 Å². The molecule has 2 nitrogen and oxygen atoms in total. The fraction of sp³-hybridized carbons (Fsp3) is 0.294. The van der Waals surface area contributed by atoms with E-state index in [1.807, 2.05) is 6.07 Å². The van der Waals surface area contributed by atoms with Crippen molar-refractivity contribution in [2.24, 2.45) is 5.92 Å². The number of hydrogen-bond acceptors (Lipinski definition) is 2. The van der Waals surface area contributed by atoms with E-state index < -0.39 is 0 Å². The first-order valence-electron chi connectivity index (χ1n) is 6.98. The Kier molecular flexibility index (Phi) is 5.59. The van der Waals surface area contributed by atoms with Crippen LogP contribution in [0.2, 0.25) is 5.02 Å². The Bertz CT molecular complexity index is 601. The fourth-order valence-electron chi connectivity index (χ4n) is 1.93. The molecule has 21 heavy (non-hydrogen) atoms. The lowest BCUT2D eigenvalue weighted by atomic mass is 10.1. The smallest absolute Gasteiger partial charge is 0.165 e. The summed E-state index contributed by atoms with van der Waals surface area (Å²) >= 11 is 6.04. The van der Waals surface area contributed by atoms with Gasteiger partial charge in [-0.1, -0.05) is 37.6 Å². The molecule has 0 amide bonds. The van der Waals surface area contributed by atoms with Crippen LogP contribution in [0.15, 0.2) is 42.5 Å². The fourth-order valence-corrected chi connectivity index (χ4v) is 2.12. The van der Waals surface area contributed by atoms with Gasteiger partial charge >= 0.3 is 0 Å². The molecule has 0 aromatic heterocycles. The van der Waals surface area contributed by atoms with Crippen molar-refractivity contribution in [3.63, 3.8) is 0 Å². The normalized spacial score (nSPS) is 10.9. The lowest BCUT2D eigenvalue weighted by Crippen LogP contribution is -2.19. The zero-order chi connectivity index (χ0) is 15.2. The van der Waals surface area contributed by atoms with Crippen LogP contribution in [0.5, 0.6) is 11.5 Å². The van der Waals surface area contributed by atoms with E-state index in [2.05, 4.69) is 19.2 Å². The van der Waals surface area contributed by atoms with Gasteiger partial charge in [0.05, 0.1) is 0 Å². The first-order valence-corrected chi connectivity index (χ1v) is 7.35. The maximum absolute atomic E-state index is 13.7. The second-order valence-electron chi connectivity index (χ2n) is 5.31. The molecule has 2 rings (SSSR count). The first-order chi connectivity index (χ1) is 10.1. The Labute approximate surface area is 129 Å². The predicted octanol–water partition coefficient (Wildman–Crippen LogP) is 5.02. The number of ether oxygens (including phenoxy) is 1. The molecule has 0 saturated carbocycles. The quantitative estimate of drug-likeness (QED) is 0.809. The number of rotatable bonds is 6. The molecule has 0 unspecified atom stereocenters. The molecule has 0 radical (unpaired) electrons. The Morgan fingerprint density at radius 2 is 1.90 bits per heavy atom. The number of hydrogen-bond donors (Lipinski definition) is 1. The van der Waals surface area contributed by atoms with Gasteiger partial charge in [0.1, 0.15) is 5.75 Å². The average molecular weight is 308 g/mol. The molecule has 0 spiro atoms. The van der Waals surface area contributed by atoms with Crippen LogP contribution < -0.4 is 10.1 Å². The van der Waals surface area contributed by atoms with Gasteiger partial charge in [0.15, 0.2) is 11.6 Å². The molecule has 0 fully saturated rings. The van der Waals surface area contributed by atoms with Crippen molar-refractivity contribution >= 4 is 11.6 Å². The summed E-state index contributed by atoms with van der Waals surface area (Å²) in [6.45, 7) is 5.80. The van der Waals surface area contributed by atoms with Crippen molar-refractivity contribution in [3.05, 3.63) is 58.9 Å². The summed E-state index contributed by atoms with van der Waals surface area (Å²) in [5.41, 5.74) is 0.909. The summed E-state index contributed by atoms with van der Waals surface area (Å²) < 4.78 is 19.4. The van der Waals surface area contributed by atoms with E-state index in [1.165, 1.54) is 6.07 Å². The number of para-hydroxylation sites is 1. The van der Waals surface area contributed by atoms with E-state index in [-0.39, 0.29) is 11.6 Å². The maximum Gasteiger partial charge on any atom is 0.165 e. The molecule has 0 heterocycles. The van der Waals surface area contributed by atoms with Crippen molar-refractivity contribution in [3.8, 4) is 11.5 Å². The third kappa shape index (κ3) is 4.73. The summed E-state index contributed by atoms with van der Waals surface area (Å²) in [6, 6.07) is 11.7. The highest BCUT2D eigenvalue weighted by Crippen LogP contribution is 2.29. The summed E-state index contributed by atoms with van der Waals surface area (Å²) in [4.78, 5) is 0. The standard InChI is InChI=1S/C17H19ClFNO/c1-12(2)10-20-11-13-9-14(18)7-8-16(13)21-17-6-4-3-5-15(17)19/h3-9,12,20H,10-11H2,1-2H3. The van der Waals surface area contributed by atoms with E-state index in [9.17, 15) is 4.39 Å². The molecule has 0 atom stereocenters. The molecule has 2 aromatic carbocycles. The number of halogens is 2. The lowest BCUT2D eigenvalue weighted by Gasteiger charge is -2.13. The topological polar surface area (TPSA) is 21.3 Å². The molecule has 0 saturated heterocycles. The minimum absolute atomic E-state index is 0.213. The van der Waals surface area contributed by atoms with Gasteiger partial charge in [-0.25, -0.2) is 4.39 Å². The van der Waals surface area contributed by atoms with E-state index in [1.54, 1.807) is 30.3 Å². The van der Waals surface area contributed by atoms with Gasteiger partial charge in [-0.2, -0.15) is 0 Å². The molecule has 0 bridgehead atoms. The summed E-state index contributed by atoms with van der Waals surface area (Å²) in [5.74, 6) is 0.999. The third-order valence-corrected chi connectivity index (χ3v) is 3.18. The highest BCUT2D eigenvalue weighted by molar-refractivity contribution is 6.30. The molecular formula is C17H19ClFNO. The number of benzene rings is 2. The minimum atomic E-state index is -0.381. The Morgan fingerprint density at radius 1 is 1.14 bits per heavy atom. The van der Waals surface area contributed by atoms with Crippen LogP contribution in [0.4, 0.5) is 4.39 Å². The van der Waals surface area contributed by atoms with E-state index in [0.717, 1.165) is 12.1 Å². The minimum Gasteiger partial charge on any atom is -0.454 e. The lowest BCUT2D eigenvalue weighted by molar-refractivity contribution is 0.434. The first kappa shape index (κ1) is 15.8. The zero-order valence-electron chi connectivity index (χ0n) is 12.2. The summed E-state index contributed by atoms with van der Waals surface area (Å²) in [7, 11) is 0. The maximum atomic E-state index is 13.7. The SMILES string of the molecule is CC(C)CNCc1cc(Cl)ccc1Oc1ccccc1F. The van der Waals surface area contributed by atoms with Crippen molar-refractivity contribution < 1.29 is 9.13 Å². The van der Waals surface area contributed by atoms with E-state index in [4.69, 9.17) is 16.3 Å². The molecule has 0 aliphatic heterocycles. The van der Waals surface area contributed by atoms with Gasteiger partial charge in [0.2, 0.25) is 0 Å². The second-order valence-corrected chi connectivity index (χ2v) is 5.75. The van der Waals surface area contributed by atoms with Crippen LogP contribution in [-0.4, -0.2) is 6.54 Å². The van der Waals surface area contributed by atoms with Crippen LogP contribution in [0, 0.1) is 11.7 Å². The van der Waals surface area contributed by atoms with Gasteiger partial charge in [-0.3, -0.25) is 0 Å². The van der Waals surface area contributed by atoms with Gasteiger partial charge in [0, 0.05) is 17.1 Å². The Morgan fingerprint density at radius 3 is 2.62 bits per heavy atom. The van der Waals surface area contributed by atoms with E-state index >= 15 is 0 Å². The molecule has 2 aromatic rings. The highest BCUT2D eigenvalue weighted by atomic mass is 35.5. The highest BCUT2D eigenvalue weighted by Gasteiger charge is 2.09. The van der Waals surface area contributed by atoms with E-state index in [0.29, 0.717) is 23.2 Å². The molecule has 4 heteroatoms. The molecule has 112 valence electrons. The van der Waals surface area contributed by atoms with Gasteiger partial charge in [-0.15, -0.1) is 0 Å². The summed E-state index contributed by atoms with van der Waals surface area (Å²) in [5, 5.41) is 3.97. The molecule has 1 N–H and O–H groups in total. The largest absolute Gasteiger partial charge is 0.454 e. The predicted molar refractivity (Wildman–Crippen MR) is 84.5 cm³/mol. The molecular weight excluding hydrogens is 289 g/mol. The molecule has 0 aliphatic carbocycles. The number of nitrogens with one attached hydrogen (secondary N) is 1. The monoisotopic (exact) mass is 307 g/mol. The van der Waals surface area contributed by atoms with Crippen molar-refractivity contribution in [1.29, 1.82) is 0 Å².